The van der Waals surface area contributed by atoms with Crippen LogP contribution < -0.4 is 0 Å². The Bertz CT molecular complexity index is 871. The molecule has 0 N–H and O–H groups in total. The Labute approximate surface area is 163 Å². The molecule has 0 unspecified atom stereocenters. The normalized spacial score (nSPS) is 10.6. The molecule has 0 saturated heterocycles. The van der Waals surface area contributed by atoms with Crippen LogP contribution in [0.1, 0.15) is 11.1 Å². The topological polar surface area (TPSA) is 114 Å². The van der Waals surface area contributed by atoms with Crippen LogP contribution in [0, 0.1) is 0 Å². The smallest absolute Gasteiger partial charge is 0.744 e. The first-order valence-corrected chi connectivity index (χ1v) is 9.27. The molecule has 0 aliphatic carbocycles. The predicted octanol–water partition coefficient (Wildman–Crippen LogP) is 2.09. The van der Waals surface area contributed by atoms with E-state index >= 15 is 0 Å². The van der Waals surface area contributed by atoms with Gasteiger partial charge in [-0.3, -0.25) is 0 Å². The first-order valence-electron chi connectivity index (χ1n) is 6.46. The fourth-order valence-corrected chi connectivity index (χ4v) is 3.12. The van der Waals surface area contributed by atoms with E-state index in [4.69, 9.17) is 0 Å². The third kappa shape index (κ3) is 7.10. The zero-order valence-corrected chi connectivity index (χ0v) is 16.2. The first kappa shape index (κ1) is 23.5. The van der Waals surface area contributed by atoms with Crippen LogP contribution in [-0.4, -0.2) is 49.0 Å². The van der Waals surface area contributed by atoms with Crippen LogP contribution in [0.5, 0.6) is 0 Å². The van der Waals surface area contributed by atoms with Crippen molar-refractivity contribution in [1.29, 1.82) is 0 Å². The summed E-state index contributed by atoms with van der Waals surface area (Å²) in [6.07, 6.45) is 2.68. The van der Waals surface area contributed by atoms with Crippen molar-refractivity contribution in [2.24, 2.45) is 0 Å². The van der Waals surface area contributed by atoms with Crippen molar-refractivity contribution in [2.75, 3.05) is 0 Å². The van der Waals surface area contributed by atoms with Gasteiger partial charge in [-0.1, -0.05) is 61.7 Å². The second-order valence-electron chi connectivity index (χ2n) is 4.39. The van der Waals surface area contributed by atoms with Crippen molar-refractivity contribution < 1.29 is 25.9 Å². The molecule has 0 bridgehead atoms. The van der Waals surface area contributed by atoms with Gasteiger partial charge in [-0.2, -0.15) is 0 Å². The van der Waals surface area contributed by atoms with Crippen LogP contribution >= 0.6 is 0 Å². The van der Waals surface area contributed by atoms with E-state index in [2.05, 4.69) is 13.2 Å². The molecule has 2 rings (SSSR count). The van der Waals surface area contributed by atoms with Crippen molar-refractivity contribution >= 4 is 55.4 Å². The molecule has 2 aromatic carbocycles. The van der Waals surface area contributed by atoms with Crippen LogP contribution in [0.15, 0.2) is 71.5 Å². The second kappa shape index (κ2) is 9.85. The van der Waals surface area contributed by atoms with E-state index in [1.165, 1.54) is 48.6 Å². The molecule has 0 aromatic heterocycles. The van der Waals surface area contributed by atoms with Gasteiger partial charge < -0.3 is 9.11 Å². The zero-order chi connectivity index (χ0) is 18.4. The molecule has 0 heterocycles. The summed E-state index contributed by atoms with van der Waals surface area (Å²) in [7, 11) is -8.73. The van der Waals surface area contributed by atoms with Crippen molar-refractivity contribution in [3.63, 3.8) is 0 Å². The van der Waals surface area contributed by atoms with E-state index in [0.29, 0.717) is 11.1 Å². The maximum atomic E-state index is 10.6. The van der Waals surface area contributed by atoms with Gasteiger partial charge in [0, 0.05) is 0 Å². The fourth-order valence-electron chi connectivity index (χ4n) is 1.75. The molecule has 0 atom stereocenters. The largest absolute Gasteiger partial charge is 2.00 e. The number of benzene rings is 2. The van der Waals surface area contributed by atoms with Crippen LogP contribution in [0.3, 0.4) is 0 Å². The fraction of sp³-hybridized carbons (Fsp3) is 0. The Balaban J connectivity index is 0.000000443. The van der Waals surface area contributed by atoms with Gasteiger partial charge in [0.1, 0.15) is 20.2 Å². The van der Waals surface area contributed by atoms with Crippen molar-refractivity contribution in [1.82, 2.24) is 0 Å². The van der Waals surface area contributed by atoms with Crippen LogP contribution in [0.2, 0.25) is 0 Å². The van der Waals surface area contributed by atoms with Crippen molar-refractivity contribution in [2.45, 2.75) is 9.79 Å². The summed E-state index contributed by atoms with van der Waals surface area (Å²) in [6, 6.07) is 11.9. The molecule has 0 spiro atoms. The molecule has 128 valence electrons. The van der Waals surface area contributed by atoms with Crippen LogP contribution in [0.4, 0.5) is 0 Å². The molecule has 0 radical (unpaired) electrons. The average molecular weight is 391 g/mol. The van der Waals surface area contributed by atoms with Gasteiger partial charge in [0.15, 0.2) is 0 Å². The summed E-state index contributed by atoms with van der Waals surface area (Å²) in [6.45, 7) is 6.80. The number of hydrogen-bond donors (Lipinski definition) is 0. The minimum atomic E-state index is -4.37. The molecule has 0 aliphatic rings. The van der Waals surface area contributed by atoms with Gasteiger partial charge in [-0.05, 0) is 23.3 Å². The molecule has 9 heteroatoms. The molecule has 0 saturated carbocycles. The minimum Gasteiger partial charge on any atom is -0.744 e. The van der Waals surface area contributed by atoms with E-state index < -0.39 is 20.2 Å². The molecule has 2 aromatic rings. The summed E-state index contributed by atoms with van der Waals surface area (Å²) in [5.41, 5.74) is 0.681. The van der Waals surface area contributed by atoms with Crippen molar-refractivity contribution in [3.8, 4) is 0 Å². The van der Waals surface area contributed by atoms with E-state index in [0.717, 1.165) is 0 Å². The molecule has 25 heavy (non-hydrogen) atoms. The number of hydrogen-bond acceptors (Lipinski definition) is 6. The Kier molecular flexibility index (Phi) is 9.26. The Morgan fingerprint density at radius 1 is 0.680 bits per heavy atom. The van der Waals surface area contributed by atoms with Gasteiger partial charge in [0.25, 0.3) is 0 Å². The Morgan fingerprint density at radius 2 is 0.960 bits per heavy atom. The average Bonchev–Trinajstić information content (AvgIpc) is 2.53. The second-order valence-corrected chi connectivity index (χ2v) is 7.09. The number of rotatable bonds is 4. The van der Waals surface area contributed by atoms with Crippen LogP contribution in [-0.2, 0) is 20.2 Å². The third-order valence-corrected chi connectivity index (χ3v) is 4.64. The first-order chi connectivity index (χ1) is 11.1. The van der Waals surface area contributed by atoms with E-state index in [1.54, 1.807) is 12.1 Å². The Morgan fingerprint density at radius 3 is 1.16 bits per heavy atom. The van der Waals surface area contributed by atoms with Gasteiger partial charge in [-0.15, -0.1) is 0 Å². The SMILES string of the molecule is C=Cc1ccccc1S(=O)(=O)[O-].C=Cc1ccccc1S(=O)(=O)[O-].[Mg+2]. The molecular weight excluding hydrogens is 377 g/mol. The summed E-state index contributed by atoms with van der Waals surface area (Å²) < 4.78 is 63.7. The van der Waals surface area contributed by atoms with Crippen LogP contribution in [0.25, 0.3) is 12.2 Å². The monoisotopic (exact) mass is 390 g/mol. The standard InChI is InChI=1S/2C8H8O3S.Mg/c2*1-2-7-5-3-4-6-8(7)12(9,10)11;/h2*2-6H,1H2,(H,9,10,11);/q;;+2/p-2. The van der Waals surface area contributed by atoms with Gasteiger partial charge in [-0.25, -0.2) is 16.8 Å². The molecule has 0 amide bonds. The maximum Gasteiger partial charge on any atom is 2.00 e. The molecule has 6 nitrogen and oxygen atoms in total. The summed E-state index contributed by atoms with van der Waals surface area (Å²) in [5, 5.41) is 0. The Hall–Kier alpha value is -1.49. The maximum absolute atomic E-state index is 10.6. The van der Waals surface area contributed by atoms with Gasteiger partial charge >= 0.3 is 23.1 Å². The van der Waals surface area contributed by atoms with E-state index in [-0.39, 0.29) is 32.8 Å². The molecule has 0 aliphatic heterocycles. The summed E-state index contributed by atoms with van der Waals surface area (Å²) in [4.78, 5) is -0.444. The van der Waals surface area contributed by atoms with Gasteiger partial charge in [0.05, 0.1) is 9.79 Å². The zero-order valence-electron chi connectivity index (χ0n) is 13.2. The van der Waals surface area contributed by atoms with E-state index in [1.807, 2.05) is 0 Å². The molecule has 0 fully saturated rings. The summed E-state index contributed by atoms with van der Waals surface area (Å²) in [5.74, 6) is 0. The molecular formula is C16H14MgO6S2. The minimum absolute atomic E-state index is 0. The summed E-state index contributed by atoms with van der Waals surface area (Å²) >= 11 is 0. The quantitative estimate of drug-likeness (QED) is 0.583. The van der Waals surface area contributed by atoms with Crippen molar-refractivity contribution in [3.05, 3.63) is 72.8 Å². The predicted molar refractivity (Wildman–Crippen MR) is 94.7 cm³/mol. The van der Waals surface area contributed by atoms with E-state index in [9.17, 15) is 25.9 Å². The third-order valence-electron chi connectivity index (χ3n) is 2.82. The van der Waals surface area contributed by atoms with Gasteiger partial charge in [0.2, 0.25) is 0 Å².